The van der Waals surface area contributed by atoms with Crippen LogP contribution in [-0.2, 0) is 0 Å². The van der Waals surface area contributed by atoms with E-state index in [1.165, 1.54) is 0 Å². The molecule has 6 heteroatoms. The lowest BCUT2D eigenvalue weighted by Gasteiger charge is -2.09. The van der Waals surface area contributed by atoms with Gasteiger partial charge in [-0.25, -0.2) is 4.98 Å². The van der Waals surface area contributed by atoms with E-state index in [4.69, 9.17) is 15.2 Å². The molecule has 2 aromatic carbocycles. The molecule has 0 amide bonds. The van der Waals surface area contributed by atoms with Crippen molar-refractivity contribution in [3.63, 3.8) is 0 Å². The molecule has 0 bridgehead atoms. The largest absolute Gasteiger partial charge is 0.497 e. The summed E-state index contributed by atoms with van der Waals surface area (Å²) in [7, 11) is 3.29. The van der Waals surface area contributed by atoms with Crippen molar-refractivity contribution in [1.29, 1.82) is 0 Å². The molecule has 130 valence electrons. The van der Waals surface area contributed by atoms with Crippen molar-refractivity contribution in [3.8, 4) is 33.9 Å². The van der Waals surface area contributed by atoms with Crippen LogP contribution >= 0.6 is 0 Å². The predicted octanol–water partition coefficient (Wildman–Crippen LogP) is 3.89. The van der Waals surface area contributed by atoms with Crippen LogP contribution in [-0.4, -0.2) is 29.4 Å². The van der Waals surface area contributed by atoms with E-state index in [-0.39, 0.29) is 0 Å². The van der Waals surface area contributed by atoms with E-state index in [1.807, 2.05) is 54.6 Å². The zero-order chi connectivity index (χ0) is 18.1. The Hall–Kier alpha value is -3.54. The number of methoxy groups -OCH3 is 2. The summed E-state index contributed by atoms with van der Waals surface area (Å²) in [5, 5.41) is 7.88. The molecular weight excluding hydrogens is 328 g/mol. The fraction of sp³-hybridized carbons (Fsp3) is 0.100. The molecule has 6 nitrogen and oxygen atoms in total. The van der Waals surface area contributed by atoms with Crippen molar-refractivity contribution < 1.29 is 9.47 Å². The summed E-state index contributed by atoms with van der Waals surface area (Å²) in [6.07, 6.45) is 0. The van der Waals surface area contributed by atoms with Gasteiger partial charge in [-0.1, -0.05) is 24.3 Å². The third-order valence-corrected chi connectivity index (χ3v) is 4.32. The number of hydrogen-bond donors (Lipinski definition) is 2. The second kappa shape index (κ2) is 6.40. The average molecular weight is 346 g/mol. The second-order valence-corrected chi connectivity index (χ2v) is 5.85. The zero-order valence-electron chi connectivity index (χ0n) is 14.5. The van der Waals surface area contributed by atoms with Gasteiger partial charge in [0, 0.05) is 5.56 Å². The van der Waals surface area contributed by atoms with E-state index in [2.05, 4.69) is 15.2 Å². The van der Waals surface area contributed by atoms with Gasteiger partial charge in [-0.05, 0) is 41.5 Å². The standard InChI is InChI=1S/C20H18N4O2/c1-25-14-8-6-12(7-9-14)16-11-17(13-4-3-5-15(10-13)26-2)22-20-18(16)19(21)23-24-20/h3-11H,1-2H3,(H3,21,22,23,24). The van der Waals surface area contributed by atoms with Crippen molar-refractivity contribution in [2.75, 3.05) is 20.0 Å². The molecule has 0 radical (unpaired) electrons. The number of ether oxygens (including phenoxy) is 2. The molecule has 0 fully saturated rings. The number of pyridine rings is 1. The monoisotopic (exact) mass is 346 g/mol. The molecule has 4 rings (SSSR count). The Morgan fingerprint density at radius 3 is 2.38 bits per heavy atom. The highest BCUT2D eigenvalue weighted by atomic mass is 16.5. The molecule has 0 unspecified atom stereocenters. The quantitative estimate of drug-likeness (QED) is 0.585. The highest BCUT2D eigenvalue weighted by Gasteiger charge is 2.15. The molecular formula is C20H18N4O2. The van der Waals surface area contributed by atoms with Crippen molar-refractivity contribution in [2.45, 2.75) is 0 Å². The lowest BCUT2D eigenvalue weighted by atomic mass is 10.00. The lowest BCUT2D eigenvalue weighted by Crippen LogP contribution is -1.92. The fourth-order valence-electron chi connectivity index (χ4n) is 2.98. The normalized spacial score (nSPS) is 10.8. The number of aromatic amines is 1. The van der Waals surface area contributed by atoms with Crippen LogP contribution in [0.3, 0.4) is 0 Å². The third kappa shape index (κ3) is 2.71. The van der Waals surface area contributed by atoms with Crippen LogP contribution in [0.4, 0.5) is 5.82 Å². The first-order chi connectivity index (χ1) is 12.7. The second-order valence-electron chi connectivity index (χ2n) is 5.85. The molecule has 2 heterocycles. The Kier molecular flexibility index (Phi) is 3.93. The topological polar surface area (TPSA) is 86.0 Å². The van der Waals surface area contributed by atoms with Crippen molar-refractivity contribution in [2.24, 2.45) is 0 Å². The van der Waals surface area contributed by atoms with Gasteiger partial charge < -0.3 is 15.2 Å². The van der Waals surface area contributed by atoms with Crippen LogP contribution in [0.1, 0.15) is 0 Å². The van der Waals surface area contributed by atoms with Gasteiger partial charge in [0.05, 0.1) is 25.3 Å². The van der Waals surface area contributed by atoms with E-state index in [0.717, 1.165) is 39.3 Å². The van der Waals surface area contributed by atoms with E-state index >= 15 is 0 Å². The first kappa shape index (κ1) is 16.0. The van der Waals surface area contributed by atoms with Gasteiger partial charge in [-0.2, -0.15) is 5.10 Å². The highest BCUT2D eigenvalue weighted by molar-refractivity contribution is 6.01. The number of anilines is 1. The van der Waals surface area contributed by atoms with Crippen molar-refractivity contribution >= 4 is 16.9 Å². The first-order valence-electron chi connectivity index (χ1n) is 8.13. The van der Waals surface area contributed by atoms with E-state index in [9.17, 15) is 0 Å². The summed E-state index contributed by atoms with van der Waals surface area (Å²) in [5.41, 5.74) is 10.4. The molecule has 3 N–H and O–H groups in total. The minimum absolute atomic E-state index is 0.496. The first-order valence-corrected chi connectivity index (χ1v) is 8.13. The minimum atomic E-state index is 0.496. The van der Waals surface area contributed by atoms with Crippen LogP contribution < -0.4 is 15.2 Å². The van der Waals surface area contributed by atoms with Gasteiger partial charge in [0.1, 0.15) is 17.3 Å². The number of fused-ring (bicyclic) bond motifs is 1. The Bertz CT molecular complexity index is 1070. The molecule has 4 aromatic rings. The summed E-state index contributed by atoms with van der Waals surface area (Å²) in [4.78, 5) is 4.66. The molecule has 26 heavy (non-hydrogen) atoms. The fourth-order valence-corrected chi connectivity index (χ4v) is 2.98. The number of aromatic nitrogens is 3. The van der Waals surface area contributed by atoms with Crippen LogP contribution in [0.15, 0.2) is 54.6 Å². The smallest absolute Gasteiger partial charge is 0.184 e. The van der Waals surface area contributed by atoms with Gasteiger partial charge in [0.15, 0.2) is 5.65 Å². The lowest BCUT2D eigenvalue weighted by molar-refractivity contribution is 0.415. The Morgan fingerprint density at radius 1 is 0.885 bits per heavy atom. The number of H-pyrrole nitrogens is 1. The molecule has 0 saturated heterocycles. The summed E-state index contributed by atoms with van der Waals surface area (Å²) in [5.74, 6) is 2.07. The van der Waals surface area contributed by atoms with Gasteiger partial charge in [-0.15, -0.1) is 0 Å². The van der Waals surface area contributed by atoms with Gasteiger partial charge in [0.25, 0.3) is 0 Å². The van der Waals surface area contributed by atoms with Crippen LogP contribution in [0, 0.1) is 0 Å². The number of hydrogen-bond acceptors (Lipinski definition) is 5. The Balaban J connectivity index is 1.93. The van der Waals surface area contributed by atoms with Gasteiger partial charge >= 0.3 is 0 Å². The minimum Gasteiger partial charge on any atom is -0.497 e. The highest BCUT2D eigenvalue weighted by Crippen LogP contribution is 2.35. The number of benzene rings is 2. The summed E-state index contributed by atoms with van der Waals surface area (Å²) in [6.45, 7) is 0. The Labute approximate surface area is 150 Å². The molecule has 0 atom stereocenters. The molecule has 0 aliphatic carbocycles. The zero-order valence-corrected chi connectivity index (χ0v) is 14.5. The summed E-state index contributed by atoms with van der Waals surface area (Å²) < 4.78 is 10.6. The average Bonchev–Trinajstić information content (AvgIpc) is 3.08. The predicted molar refractivity (Wildman–Crippen MR) is 102 cm³/mol. The Morgan fingerprint density at radius 2 is 1.65 bits per heavy atom. The summed E-state index contributed by atoms with van der Waals surface area (Å²) in [6, 6.07) is 17.6. The van der Waals surface area contributed by atoms with Crippen molar-refractivity contribution in [1.82, 2.24) is 15.2 Å². The molecule has 0 aliphatic heterocycles. The molecule has 0 spiro atoms. The van der Waals surface area contributed by atoms with E-state index in [0.29, 0.717) is 11.5 Å². The van der Waals surface area contributed by atoms with Crippen LogP contribution in [0.5, 0.6) is 11.5 Å². The number of nitrogen functional groups attached to an aromatic ring is 1. The SMILES string of the molecule is COc1ccc(-c2cc(-c3cccc(OC)c3)nc3n[nH]c(N)c23)cc1. The van der Waals surface area contributed by atoms with Crippen molar-refractivity contribution in [3.05, 3.63) is 54.6 Å². The van der Waals surface area contributed by atoms with Gasteiger partial charge in [-0.3, -0.25) is 5.10 Å². The number of nitrogens with zero attached hydrogens (tertiary/aromatic N) is 2. The molecule has 2 aromatic heterocycles. The maximum Gasteiger partial charge on any atom is 0.184 e. The van der Waals surface area contributed by atoms with E-state index < -0.39 is 0 Å². The maximum absolute atomic E-state index is 6.10. The van der Waals surface area contributed by atoms with E-state index in [1.54, 1.807) is 14.2 Å². The number of rotatable bonds is 4. The molecule has 0 aliphatic rings. The maximum atomic E-state index is 6.10. The number of nitrogens with one attached hydrogen (secondary N) is 1. The summed E-state index contributed by atoms with van der Waals surface area (Å²) >= 11 is 0. The molecule has 0 saturated carbocycles. The van der Waals surface area contributed by atoms with Crippen LogP contribution in [0.25, 0.3) is 33.4 Å². The van der Waals surface area contributed by atoms with Gasteiger partial charge in [0.2, 0.25) is 0 Å². The third-order valence-electron chi connectivity index (χ3n) is 4.32. The number of nitrogens with two attached hydrogens (primary N) is 1. The van der Waals surface area contributed by atoms with Crippen LogP contribution in [0.2, 0.25) is 0 Å².